The second kappa shape index (κ2) is 11.9. The van der Waals surface area contributed by atoms with E-state index in [0.717, 1.165) is 48.8 Å². The van der Waals surface area contributed by atoms with Crippen molar-refractivity contribution in [2.75, 3.05) is 0 Å². The third-order valence-corrected chi connectivity index (χ3v) is 7.70. The number of hydrogen-bond donors (Lipinski definition) is 2. The van der Waals surface area contributed by atoms with Crippen LogP contribution in [0.1, 0.15) is 103 Å². The van der Waals surface area contributed by atoms with Crippen molar-refractivity contribution < 1.29 is 19.1 Å². The van der Waals surface area contributed by atoms with Gasteiger partial charge in [0.25, 0.3) is 0 Å². The van der Waals surface area contributed by atoms with Gasteiger partial charge in [-0.25, -0.2) is 4.79 Å². The van der Waals surface area contributed by atoms with Crippen LogP contribution in [0, 0.1) is 25.7 Å². The van der Waals surface area contributed by atoms with Crippen LogP contribution in [0.25, 0.3) is 0 Å². The Morgan fingerprint density at radius 2 is 1.68 bits per heavy atom. The Hall–Kier alpha value is -2.57. The predicted octanol–water partition coefficient (Wildman–Crippen LogP) is 5.58. The fourth-order valence-corrected chi connectivity index (χ4v) is 5.30. The maximum Gasteiger partial charge on any atom is 0.408 e. The van der Waals surface area contributed by atoms with E-state index in [1.807, 2.05) is 45.9 Å². The van der Waals surface area contributed by atoms with Gasteiger partial charge in [-0.15, -0.1) is 0 Å². The largest absolute Gasteiger partial charge is 0.444 e. The SMILES string of the molecule is Cc1cccc(C(C(=O)NC2CCCCC2)N(C(=O)C(NC(=O)OC(C)(C)C)C(C)C)C2CC2C)c1C. The molecule has 37 heavy (non-hydrogen) atoms. The van der Waals surface area contributed by atoms with Crippen molar-refractivity contribution in [1.29, 1.82) is 0 Å². The Bertz CT molecular complexity index is 978. The lowest BCUT2D eigenvalue weighted by molar-refractivity contribution is -0.144. The highest BCUT2D eigenvalue weighted by molar-refractivity contribution is 5.93. The van der Waals surface area contributed by atoms with Crippen molar-refractivity contribution in [3.63, 3.8) is 0 Å². The molecule has 206 valence electrons. The Labute approximate surface area is 223 Å². The van der Waals surface area contributed by atoms with Crippen LogP contribution in [0.3, 0.4) is 0 Å². The van der Waals surface area contributed by atoms with Gasteiger partial charge in [0, 0.05) is 12.1 Å². The van der Waals surface area contributed by atoms with Crippen LogP contribution in [-0.2, 0) is 14.3 Å². The minimum absolute atomic E-state index is 0.0591. The molecule has 2 N–H and O–H groups in total. The summed E-state index contributed by atoms with van der Waals surface area (Å²) in [6, 6.07) is 4.45. The van der Waals surface area contributed by atoms with Crippen molar-refractivity contribution in [1.82, 2.24) is 15.5 Å². The maximum absolute atomic E-state index is 14.3. The average Bonchev–Trinajstić information content (AvgIpc) is 3.52. The second-order valence-corrected chi connectivity index (χ2v) is 12.4. The zero-order valence-electron chi connectivity index (χ0n) is 24.0. The van der Waals surface area contributed by atoms with Gasteiger partial charge in [-0.05, 0) is 82.4 Å². The molecular formula is C30H47N3O4. The first-order valence-corrected chi connectivity index (χ1v) is 14.0. The zero-order valence-corrected chi connectivity index (χ0v) is 24.0. The summed E-state index contributed by atoms with van der Waals surface area (Å²) >= 11 is 0. The Morgan fingerprint density at radius 1 is 1.05 bits per heavy atom. The lowest BCUT2D eigenvalue weighted by atomic mass is 9.92. The molecule has 0 spiro atoms. The van der Waals surface area contributed by atoms with Crippen LogP contribution in [-0.4, -0.2) is 46.5 Å². The third-order valence-electron chi connectivity index (χ3n) is 7.70. The standard InChI is InChI=1S/C30H47N3O4/c1-18(2)25(32-29(36)37-30(6,7)8)28(35)33(24-17-20(24)4)26(23-16-12-13-19(3)21(23)5)27(34)31-22-14-10-9-11-15-22/h12-13,16,18,20,22,24-26H,9-11,14-15,17H2,1-8H3,(H,31,34)(H,32,36). The number of nitrogens with one attached hydrogen (secondary N) is 2. The van der Waals surface area contributed by atoms with Crippen LogP contribution in [0.5, 0.6) is 0 Å². The second-order valence-electron chi connectivity index (χ2n) is 12.4. The molecule has 0 aromatic heterocycles. The molecule has 0 saturated heterocycles. The summed E-state index contributed by atoms with van der Waals surface area (Å²) in [5.41, 5.74) is 2.26. The van der Waals surface area contributed by atoms with Crippen molar-refractivity contribution in [2.24, 2.45) is 11.8 Å². The number of nitrogens with zero attached hydrogens (tertiary/aromatic N) is 1. The van der Waals surface area contributed by atoms with E-state index in [9.17, 15) is 14.4 Å². The number of ether oxygens (including phenoxy) is 1. The van der Waals surface area contributed by atoms with E-state index >= 15 is 0 Å². The number of benzene rings is 1. The summed E-state index contributed by atoms with van der Waals surface area (Å²) in [5, 5.41) is 6.11. The first-order chi connectivity index (χ1) is 17.3. The van der Waals surface area contributed by atoms with Crippen LogP contribution >= 0.6 is 0 Å². The molecule has 2 fully saturated rings. The normalized spacial score (nSPS) is 21.6. The van der Waals surface area contributed by atoms with Crippen molar-refractivity contribution in [2.45, 2.75) is 124 Å². The molecule has 0 radical (unpaired) electrons. The Morgan fingerprint density at radius 3 is 2.22 bits per heavy atom. The molecule has 2 aliphatic carbocycles. The first-order valence-electron chi connectivity index (χ1n) is 14.0. The first kappa shape index (κ1) is 29.0. The predicted molar refractivity (Wildman–Crippen MR) is 146 cm³/mol. The van der Waals surface area contributed by atoms with Crippen molar-refractivity contribution >= 4 is 17.9 Å². The smallest absolute Gasteiger partial charge is 0.408 e. The molecule has 2 saturated carbocycles. The molecule has 3 amide bonds. The number of carbonyl (C=O) groups is 3. The minimum atomic E-state index is -0.808. The van der Waals surface area contributed by atoms with Gasteiger partial charge in [-0.3, -0.25) is 9.59 Å². The van der Waals surface area contributed by atoms with Gasteiger partial charge in [-0.2, -0.15) is 0 Å². The summed E-state index contributed by atoms with van der Waals surface area (Å²) in [5.74, 6) is -0.265. The number of hydrogen-bond acceptors (Lipinski definition) is 4. The number of rotatable bonds is 8. The van der Waals surface area contributed by atoms with Crippen LogP contribution in [0.15, 0.2) is 18.2 Å². The van der Waals surface area contributed by atoms with Gasteiger partial charge in [0.2, 0.25) is 11.8 Å². The molecule has 4 atom stereocenters. The molecule has 7 heteroatoms. The fourth-order valence-electron chi connectivity index (χ4n) is 5.30. The molecule has 2 aliphatic rings. The van der Waals surface area contributed by atoms with Crippen molar-refractivity contribution in [3.05, 3.63) is 34.9 Å². The van der Waals surface area contributed by atoms with E-state index in [0.29, 0.717) is 0 Å². The monoisotopic (exact) mass is 513 g/mol. The van der Waals surface area contributed by atoms with E-state index in [1.54, 1.807) is 25.7 Å². The topological polar surface area (TPSA) is 87.7 Å². The van der Waals surface area contributed by atoms with Crippen LogP contribution < -0.4 is 10.6 Å². The Balaban J connectivity index is 2.00. The van der Waals surface area contributed by atoms with E-state index < -0.39 is 23.8 Å². The van der Waals surface area contributed by atoms with Crippen LogP contribution in [0.4, 0.5) is 4.79 Å². The highest BCUT2D eigenvalue weighted by Crippen LogP contribution is 2.42. The molecular weight excluding hydrogens is 466 g/mol. The molecule has 0 heterocycles. The van der Waals surface area contributed by atoms with E-state index in [4.69, 9.17) is 4.74 Å². The summed E-state index contributed by atoms with van der Waals surface area (Å²) in [6.45, 7) is 15.4. The van der Waals surface area contributed by atoms with Gasteiger partial charge in [0.05, 0.1) is 0 Å². The molecule has 1 aromatic rings. The van der Waals surface area contributed by atoms with Crippen LogP contribution in [0.2, 0.25) is 0 Å². The third kappa shape index (κ3) is 7.48. The number of carbonyl (C=O) groups excluding carboxylic acids is 3. The molecule has 4 unspecified atom stereocenters. The lowest BCUT2D eigenvalue weighted by Gasteiger charge is -2.37. The molecule has 1 aromatic carbocycles. The number of amides is 3. The highest BCUT2D eigenvalue weighted by Gasteiger charge is 2.49. The van der Waals surface area contributed by atoms with E-state index in [-0.39, 0.29) is 35.7 Å². The van der Waals surface area contributed by atoms with E-state index in [1.165, 1.54) is 6.42 Å². The summed E-state index contributed by atoms with van der Waals surface area (Å²) < 4.78 is 5.47. The zero-order chi connectivity index (χ0) is 27.5. The lowest BCUT2D eigenvalue weighted by Crippen LogP contribution is -2.56. The van der Waals surface area contributed by atoms with Gasteiger partial charge >= 0.3 is 6.09 Å². The fraction of sp³-hybridized carbons (Fsp3) is 0.700. The number of aryl methyl sites for hydroxylation is 1. The van der Waals surface area contributed by atoms with Gasteiger partial charge in [0.1, 0.15) is 17.7 Å². The minimum Gasteiger partial charge on any atom is -0.444 e. The van der Waals surface area contributed by atoms with Gasteiger partial charge in [0.15, 0.2) is 0 Å². The maximum atomic E-state index is 14.3. The number of alkyl carbamates (subject to hydrolysis) is 1. The average molecular weight is 514 g/mol. The molecule has 7 nitrogen and oxygen atoms in total. The van der Waals surface area contributed by atoms with Gasteiger partial charge < -0.3 is 20.3 Å². The molecule has 3 rings (SSSR count). The molecule has 0 bridgehead atoms. The Kier molecular flexibility index (Phi) is 9.30. The summed E-state index contributed by atoms with van der Waals surface area (Å²) in [6.07, 6.45) is 5.55. The summed E-state index contributed by atoms with van der Waals surface area (Å²) in [7, 11) is 0. The van der Waals surface area contributed by atoms with E-state index in [2.05, 4.69) is 17.6 Å². The quantitative estimate of drug-likeness (QED) is 0.475. The summed E-state index contributed by atoms with van der Waals surface area (Å²) in [4.78, 5) is 42.8. The van der Waals surface area contributed by atoms with Gasteiger partial charge in [-0.1, -0.05) is 58.2 Å². The highest BCUT2D eigenvalue weighted by atomic mass is 16.6. The molecule has 0 aliphatic heterocycles. The van der Waals surface area contributed by atoms with Crippen molar-refractivity contribution in [3.8, 4) is 0 Å².